The lowest BCUT2D eigenvalue weighted by molar-refractivity contribution is -0.145. The molecular weight excluding hydrogens is 352 g/mol. The fourth-order valence-corrected chi connectivity index (χ4v) is 8.58. The van der Waals surface area contributed by atoms with Crippen LogP contribution in [0.4, 0.5) is 0 Å². The largest absolute Gasteiger partial charge is 0.466 e. The van der Waals surface area contributed by atoms with Crippen molar-refractivity contribution < 1.29 is 14.0 Å². The lowest BCUT2D eigenvalue weighted by atomic mass is 10.2. The van der Waals surface area contributed by atoms with Crippen LogP contribution in [0.1, 0.15) is 34.1 Å². The van der Waals surface area contributed by atoms with Gasteiger partial charge in [-0.15, -0.1) is 0 Å². The summed E-state index contributed by atoms with van der Waals surface area (Å²) in [6.07, 6.45) is 0.872. The van der Waals surface area contributed by atoms with Crippen LogP contribution in [0, 0.1) is 11.8 Å². The molecule has 0 saturated heterocycles. The molecule has 0 N–H and O–H groups in total. The van der Waals surface area contributed by atoms with Gasteiger partial charge in [0, 0.05) is 6.61 Å². The summed E-state index contributed by atoms with van der Waals surface area (Å²) in [6.45, 7) is 9.72. The fraction of sp³-hybridized carbons (Fsp3) is 0.435. The maximum absolute atomic E-state index is 12.0. The summed E-state index contributed by atoms with van der Waals surface area (Å²) in [4.78, 5) is 12.0. The molecule has 1 fully saturated rings. The normalized spacial score (nSPS) is 19.6. The average molecular weight is 383 g/mol. The van der Waals surface area contributed by atoms with Crippen molar-refractivity contribution >= 4 is 24.7 Å². The predicted molar refractivity (Wildman–Crippen MR) is 112 cm³/mol. The summed E-state index contributed by atoms with van der Waals surface area (Å²) in [5, 5.41) is 2.51. The minimum absolute atomic E-state index is 0.00293. The average Bonchev–Trinajstić information content (AvgIpc) is 3.43. The molecule has 0 aliphatic heterocycles. The first-order chi connectivity index (χ1) is 12.9. The summed E-state index contributed by atoms with van der Waals surface area (Å²) in [7, 11) is -2.51. The van der Waals surface area contributed by atoms with Gasteiger partial charge in [0.25, 0.3) is 8.32 Å². The van der Waals surface area contributed by atoms with Gasteiger partial charge in [-0.3, -0.25) is 4.79 Å². The van der Waals surface area contributed by atoms with E-state index < -0.39 is 8.32 Å². The number of carbonyl (C=O) groups is 1. The van der Waals surface area contributed by atoms with Gasteiger partial charge in [-0.05, 0) is 34.7 Å². The van der Waals surface area contributed by atoms with E-state index in [-0.39, 0.29) is 22.8 Å². The van der Waals surface area contributed by atoms with E-state index in [0.29, 0.717) is 13.2 Å². The second-order valence-corrected chi connectivity index (χ2v) is 12.6. The molecular formula is C23H30O3Si. The molecule has 1 saturated carbocycles. The van der Waals surface area contributed by atoms with Crippen LogP contribution in [0.3, 0.4) is 0 Å². The highest BCUT2D eigenvalue weighted by Gasteiger charge is 2.52. The van der Waals surface area contributed by atoms with Gasteiger partial charge >= 0.3 is 5.97 Å². The van der Waals surface area contributed by atoms with Crippen LogP contribution >= 0.6 is 0 Å². The van der Waals surface area contributed by atoms with Crippen LogP contribution in [0.15, 0.2) is 60.7 Å². The molecule has 2 atom stereocenters. The van der Waals surface area contributed by atoms with E-state index in [1.807, 2.05) is 19.1 Å². The van der Waals surface area contributed by atoms with Crippen molar-refractivity contribution in [1.29, 1.82) is 0 Å². The van der Waals surface area contributed by atoms with E-state index in [4.69, 9.17) is 9.16 Å². The SMILES string of the molecule is CCOC(=O)C1CC1CO[Si](c1ccccc1)(c1ccccc1)C(C)(C)C. The molecule has 0 aromatic heterocycles. The molecule has 0 heterocycles. The molecule has 2 aromatic carbocycles. The van der Waals surface area contributed by atoms with Crippen LogP contribution in [0.5, 0.6) is 0 Å². The third-order valence-electron chi connectivity index (χ3n) is 5.44. The number of rotatable bonds is 7. The molecule has 0 bridgehead atoms. The van der Waals surface area contributed by atoms with Gasteiger partial charge in [-0.25, -0.2) is 0 Å². The maximum atomic E-state index is 12.0. The summed E-state index contributed by atoms with van der Waals surface area (Å²) in [5.74, 6) is 0.197. The van der Waals surface area contributed by atoms with Gasteiger partial charge in [-0.2, -0.15) is 0 Å². The minimum atomic E-state index is -2.51. The van der Waals surface area contributed by atoms with Crippen LogP contribution in [0.2, 0.25) is 5.04 Å². The first kappa shape index (κ1) is 19.8. The van der Waals surface area contributed by atoms with E-state index in [2.05, 4.69) is 69.3 Å². The molecule has 144 valence electrons. The maximum Gasteiger partial charge on any atom is 0.309 e. The second kappa shape index (κ2) is 7.99. The zero-order chi connectivity index (χ0) is 19.5. The molecule has 27 heavy (non-hydrogen) atoms. The number of esters is 1. The zero-order valence-corrected chi connectivity index (χ0v) is 17.8. The van der Waals surface area contributed by atoms with Gasteiger partial charge in [0.2, 0.25) is 0 Å². The molecule has 0 radical (unpaired) electrons. The summed E-state index contributed by atoms with van der Waals surface area (Å²) < 4.78 is 12.1. The smallest absolute Gasteiger partial charge is 0.309 e. The summed E-state index contributed by atoms with van der Waals surface area (Å²) in [6, 6.07) is 21.2. The number of hydrogen-bond acceptors (Lipinski definition) is 3. The molecule has 0 spiro atoms. The summed E-state index contributed by atoms with van der Waals surface area (Å²) >= 11 is 0. The molecule has 3 rings (SSSR count). The fourth-order valence-electron chi connectivity index (χ4n) is 3.96. The number of carbonyl (C=O) groups excluding carboxylic acids is 1. The Morgan fingerprint density at radius 2 is 1.52 bits per heavy atom. The van der Waals surface area contributed by atoms with Crippen molar-refractivity contribution in [2.45, 2.75) is 39.2 Å². The van der Waals surface area contributed by atoms with Crippen molar-refractivity contribution in [2.24, 2.45) is 11.8 Å². The topological polar surface area (TPSA) is 35.5 Å². The molecule has 2 unspecified atom stereocenters. The van der Waals surface area contributed by atoms with E-state index in [1.54, 1.807) is 0 Å². The third kappa shape index (κ3) is 4.02. The third-order valence-corrected chi connectivity index (χ3v) is 10.4. The minimum Gasteiger partial charge on any atom is -0.466 e. The van der Waals surface area contributed by atoms with Crippen molar-refractivity contribution in [3.63, 3.8) is 0 Å². The quantitative estimate of drug-likeness (QED) is 0.540. The number of hydrogen-bond donors (Lipinski definition) is 0. The Balaban J connectivity index is 1.92. The highest BCUT2D eigenvalue weighted by atomic mass is 28.4. The van der Waals surface area contributed by atoms with Gasteiger partial charge in [-0.1, -0.05) is 81.4 Å². The van der Waals surface area contributed by atoms with Gasteiger partial charge < -0.3 is 9.16 Å². The van der Waals surface area contributed by atoms with Gasteiger partial charge in [0.1, 0.15) is 0 Å². The van der Waals surface area contributed by atoms with E-state index in [1.165, 1.54) is 10.4 Å². The standard InChI is InChI=1S/C23H30O3Si/c1-5-25-22(24)21-16-18(21)17-26-27(23(2,3)4,19-12-8-6-9-13-19)20-14-10-7-11-15-20/h6-15,18,21H,5,16-17H2,1-4H3. The lowest BCUT2D eigenvalue weighted by Crippen LogP contribution is -2.66. The lowest BCUT2D eigenvalue weighted by Gasteiger charge is -2.43. The first-order valence-electron chi connectivity index (χ1n) is 9.81. The molecule has 1 aliphatic carbocycles. The van der Waals surface area contributed by atoms with E-state index >= 15 is 0 Å². The first-order valence-corrected chi connectivity index (χ1v) is 11.7. The van der Waals surface area contributed by atoms with E-state index in [0.717, 1.165) is 6.42 Å². The molecule has 2 aromatic rings. The Labute approximate surface area is 163 Å². The Morgan fingerprint density at radius 3 is 1.96 bits per heavy atom. The monoisotopic (exact) mass is 382 g/mol. The van der Waals surface area contributed by atoms with Gasteiger partial charge in [0.15, 0.2) is 0 Å². The molecule has 1 aliphatic rings. The van der Waals surface area contributed by atoms with Crippen molar-refractivity contribution in [3.05, 3.63) is 60.7 Å². The van der Waals surface area contributed by atoms with Crippen LogP contribution < -0.4 is 10.4 Å². The van der Waals surface area contributed by atoms with E-state index in [9.17, 15) is 4.79 Å². The predicted octanol–water partition coefficient (Wildman–Crippen LogP) is 3.76. The number of benzene rings is 2. The summed E-state index contributed by atoms with van der Waals surface area (Å²) in [5.41, 5.74) is 0. The Hall–Kier alpha value is -1.91. The Kier molecular flexibility index (Phi) is 5.87. The van der Waals surface area contributed by atoms with Crippen molar-refractivity contribution in [3.8, 4) is 0 Å². The molecule has 0 amide bonds. The number of ether oxygens (including phenoxy) is 1. The zero-order valence-electron chi connectivity index (χ0n) is 16.8. The van der Waals surface area contributed by atoms with Crippen LogP contribution in [-0.4, -0.2) is 27.5 Å². The molecule has 4 heteroatoms. The van der Waals surface area contributed by atoms with Gasteiger partial charge in [0.05, 0.1) is 12.5 Å². The Bertz CT molecular complexity index is 713. The van der Waals surface area contributed by atoms with Crippen LogP contribution in [0.25, 0.3) is 0 Å². The molecule has 3 nitrogen and oxygen atoms in total. The highest BCUT2D eigenvalue weighted by molar-refractivity contribution is 6.99. The van der Waals surface area contributed by atoms with Crippen LogP contribution in [-0.2, 0) is 14.0 Å². The second-order valence-electron chi connectivity index (χ2n) is 8.33. The van der Waals surface area contributed by atoms with Crippen molar-refractivity contribution in [1.82, 2.24) is 0 Å². The highest BCUT2D eigenvalue weighted by Crippen LogP contribution is 2.43. The Morgan fingerprint density at radius 1 is 1.00 bits per heavy atom. The van der Waals surface area contributed by atoms with Crippen molar-refractivity contribution in [2.75, 3.05) is 13.2 Å².